The Kier molecular flexibility index (Phi) is 12.5. The van der Waals surface area contributed by atoms with E-state index in [-0.39, 0.29) is 29.9 Å². The Morgan fingerprint density at radius 3 is 1.39 bits per heavy atom. The lowest BCUT2D eigenvalue weighted by atomic mass is 9.95. The third-order valence-electron chi connectivity index (χ3n) is 10.6. The van der Waals surface area contributed by atoms with E-state index in [4.69, 9.17) is 0 Å². The first-order chi connectivity index (χ1) is 28.4. The number of nitrogens with zero attached hydrogens (tertiary/aromatic N) is 8. The van der Waals surface area contributed by atoms with Crippen LogP contribution in [0, 0.1) is 0 Å². The lowest BCUT2D eigenvalue weighted by molar-refractivity contribution is -0.119. The van der Waals surface area contributed by atoms with E-state index >= 15 is 0 Å². The van der Waals surface area contributed by atoms with Crippen molar-refractivity contribution in [1.82, 2.24) is 40.6 Å². The summed E-state index contributed by atoms with van der Waals surface area (Å²) in [4.78, 5) is 30.4. The highest BCUT2D eigenvalue weighted by Gasteiger charge is 2.31. The van der Waals surface area contributed by atoms with E-state index in [1.807, 2.05) is 93.7 Å². The summed E-state index contributed by atoms with van der Waals surface area (Å²) in [6.45, 7) is 18.6. The molecule has 12 nitrogen and oxygen atoms in total. The van der Waals surface area contributed by atoms with Crippen LogP contribution in [0.15, 0.2) is 97.1 Å². The number of nitrogens with one attached hydrogen (secondary N) is 2. The average Bonchev–Trinajstić information content (AvgIpc) is 3.86. The summed E-state index contributed by atoms with van der Waals surface area (Å²) < 4.78 is 3.91. The fourth-order valence-corrected chi connectivity index (χ4v) is 7.72. The number of fused-ring (bicyclic) bond motifs is 10. The predicted molar refractivity (Wildman–Crippen MR) is 236 cm³/mol. The molecule has 0 aliphatic carbocycles. The molecule has 6 aromatic rings. The Bertz CT molecular complexity index is 2430. The molecule has 0 radical (unpaired) electrons. The molecule has 2 amide bonds. The first-order valence-electron chi connectivity index (χ1n) is 20.8. The summed E-state index contributed by atoms with van der Waals surface area (Å²) in [6.07, 6.45) is 0.448. The number of anilines is 2. The second-order valence-electron chi connectivity index (χ2n) is 16.4. The molecule has 0 fully saturated rings. The van der Waals surface area contributed by atoms with Gasteiger partial charge in [0.1, 0.15) is 11.4 Å². The molecule has 59 heavy (non-hydrogen) atoms. The van der Waals surface area contributed by atoms with E-state index in [2.05, 4.69) is 109 Å². The lowest BCUT2D eigenvalue weighted by Crippen LogP contribution is -2.40. The van der Waals surface area contributed by atoms with Crippen LogP contribution < -0.4 is 20.4 Å². The average molecular weight is 793 g/mol. The molecule has 306 valence electrons. The van der Waals surface area contributed by atoms with Gasteiger partial charge in [0.05, 0.1) is 42.4 Å². The molecule has 12 heteroatoms. The van der Waals surface area contributed by atoms with Gasteiger partial charge in [-0.05, 0) is 51.0 Å². The predicted octanol–water partition coefficient (Wildman–Crippen LogP) is 8.47. The normalized spacial score (nSPS) is 12.9. The second kappa shape index (κ2) is 17.9. The van der Waals surface area contributed by atoms with Crippen LogP contribution >= 0.6 is 0 Å². The van der Waals surface area contributed by atoms with Gasteiger partial charge in [-0.1, -0.05) is 123 Å². The molecule has 2 N–H and O–H groups in total. The second-order valence-corrected chi connectivity index (χ2v) is 16.4. The van der Waals surface area contributed by atoms with E-state index in [1.165, 1.54) is 0 Å². The van der Waals surface area contributed by atoms with Crippen molar-refractivity contribution in [2.45, 2.75) is 99.1 Å². The minimum atomic E-state index is 0.0491. The summed E-state index contributed by atoms with van der Waals surface area (Å²) in [5.74, 6) is 0.158. The maximum atomic E-state index is 13.3. The Labute approximate surface area is 347 Å². The minimum Gasteiger partial charge on any atom is -0.314 e. The maximum Gasteiger partial charge on any atom is 0.241 e. The zero-order chi connectivity index (χ0) is 41.8. The van der Waals surface area contributed by atoms with Gasteiger partial charge < -0.3 is 20.4 Å². The maximum absolute atomic E-state index is 13.3. The van der Waals surface area contributed by atoms with Crippen LogP contribution in [0.1, 0.15) is 85.0 Å². The number of rotatable bonds is 9. The van der Waals surface area contributed by atoms with Gasteiger partial charge >= 0.3 is 0 Å². The third-order valence-corrected chi connectivity index (χ3v) is 10.6. The number of para-hydroxylation sites is 2. The standard InChI is InChI=1S/C24H29N5O.C23H27N5O/c1-16(2)25-14-13-22(30)28-15-18-9-5-6-10-19(18)23-24(29(17(3)4)27-26-23)20-11-7-8-12-21(20)28;1-15(2)24-13-21(29)27-14-17-9-5-6-10-18(17)22-23(28(16(3)4)26-25-22)19-11-7-8-12-20(19)27/h5-12,16-17,25H,13-15H2,1-4H3;5-12,15-16,24H,13-14H2,1-4H3. The largest absolute Gasteiger partial charge is 0.314 e. The van der Waals surface area contributed by atoms with Crippen LogP contribution in [-0.4, -0.2) is 67.0 Å². The number of carbonyl (C=O) groups excluding carboxylic acids is 2. The molecule has 0 unspecified atom stereocenters. The topological polar surface area (TPSA) is 126 Å². The van der Waals surface area contributed by atoms with Crippen molar-refractivity contribution in [1.29, 1.82) is 0 Å². The fourth-order valence-electron chi connectivity index (χ4n) is 7.72. The molecule has 2 aliphatic heterocycles. The van der Waals surface area contributed by atoms with Gasteiger partial charge in [0.15, 0.2) is 0 Å². The lowest BCUT2D eigenvalue weighted by Gasteiger charge is -2.29. The Balaban J connectivity index is 0.000000179. The number of hydrogen-bond donors (Lipinski definition) is 2. The smallest absolute Gasteiger partial charge is 0.241 e. The van der Waals surface area contributed by atoms with Gasteiger partial charge in [0.2, 0.25) is 11.8 Å². The summed E-state index contributed by atoms with van der Waals surface area (Å²) in [6, 6.07) is 33.4. The van der Waals surface area contributed by atoms with Crippen LogP contribution in [0.25, 0.3) is 45.0 Å². The summed E-state index contributed by atoms with van der Waals surface area (Å²) in [5.41, 5.74) is 11.6. The van der Waals surface area contributed by atoms with E-state index in [0.29, 0.717) is 38.6 Å². The van der Waals surface area contributed by atoms with Gasteiger partial charge in [-0.3, -0.25) is 9.59 Å². The van der Waals surface area contributed by atoms with Crippen LogP contribution in [0.5, 0.6) is 0 Å². The van der Waals surface area contributed by atoms with Gasteiger partial charge in [-0.2, -0.15) is 0 Å². The molecule has 0 bridgehead atoms. The first-order valence-corrected chi connectivity index (χ1v) is 20.8. The number of benzene rings is 4. The molecule has 0 saturated carbocycles. The number of amides is 2. The molecule has 8 rings (SSSR count). The summed E-state index contributed by atoms with van der Waals surface area (Å²) >= 11 is 0. The zero-order valence-electron chi connectivity index (χ0n) is 35.5. The SMILES string of the molecule is CC(C)NCC(=O)N1Cc2ccccc2-c2nnn(C(C)C)c2-c2ccccc21.CC(C)NCCC(=O)N1Cc2ccccc2-c2nnn(C(C)C)c2-c2ccccc21. The number of aromatic nitrogens is 6. The molecule has 4 aromatic carbocycles. The molecule has 4 heterocycles. The monoisotopic (exact) mass is 792 g/mol. The van der Waals surface area contributed by atoms with Gasteiger partial charge in [0, 0.05) is 59.4 Å². The van der Waals surface area contributed by atoms with E-state index in [0.717, 1.165) is 67.5 Å². The molecule has 0 saturated heterocycles. The molecule has 0 spiro atoms. The zero-order valence-corrected chi connectivity index (χ0v) is 35.5. The van der Waals surface area contributed by atoms with Crippen molar-refractivity contribution < 1.29 is 9.59 Å². The highest BCUT2D eigenvalue weighted by molar-refractivity contribution is 6.02. The summed E-state index contributed by atoms with van der Waals surface area (Å²) in [7, 11) is 0. The Morgan fingerprint density at radius 1 is 0.542 bits per heavy atom. The van der Waals surface area contributed by atoms with Crippen LogP contribution in [0.4, 0.5) is 11.4 Å². The van der Waals surface area contributed by atoms with Crippen LogP contribution in [0.2, 0.25) is 0 Å². The Hall–Kier alpha value is -5.98. The van der Waals surface area contributed by atoms with E-state index in [9.17, 15) is 9.59 Å². The highest BCUT2D eigenvalue weighted by Crippen LogP contribution is 2.43. The third kappa shape index (κ3) is 8.60. The fraction of sp³-hybridized carbons (Fsp3) is 0.362. The van der Waals surface area contributed by atoms with E-state index in [1.54, 1.807) is 0 Å². The molecular formula is C47H56N10O2. The van der Waals surface area contributed by atoms with Crippen LogP contribution in [0.3, 0.4) is 0 Å². The molecule has 0 atom stereocenters. The quantitative estimate of drug-likeness (QED) is 0.149. The molecular weight excluding hydrogens is 737 g/mol. The van der Waals surface area contributed by atoms with Crippen molar-refractivity contribution in [3.63, 3.8) is 0 Å². The first kappa shape index (κ1) is 41.2. The van der Waals surface area contributed by atoms with Crippen molar-refractivity contribution in [3.05, 3.63) is 108 Å². The van der Waals surface area contributed by atoms with Crippen molar-refractivity contribution in [3.8, 4) is 45.0 Å². The van der Waals surface area contributed by atoms with Gasteiger partial charge in [-0.15, -0.1) is 10.2 Å². The number of carbonyl (C=O) groups is 2. The summed E-state index contributed by atoms with van der Waals surface area (Å²) in [5, 5.41) is 24.6. The highest BCUT2D eigenvalue weighted by atomic mass is 16.2. The Morgan fingerprint density at radius 2 is 0.949 bits per heavy atom. The molecule has 2 aromatic heterocycles. The van der Waals surface area contributed by atoms with E-state index < -0.39 is 0 Å². The van der Waals surface area contributed by atoms with Gasteiger partial charge in [0.25, 0.3) is 0 Å². The van der Waals surface area contributed by atoms with Gasteiger partial charge in [-0.25, -0.2) is 9.36 Å². The minimum absolute atomic E-state index is 0.0491. The van der Waals surface area contributed by atoms with Crippen LogP contribution in [-0.2, 0) is 22.7 Å². The van der Waals surface area contributed by atoms with Crippen molar-refractivity contribution in [2.75, 3.05) is 22.9 Å². The number of hydrogen-bond acceptors (Lipinski definition) is 8. The van der Waals surface area contributed by atoms with Crippen molar-refractivity contribution in [2.24, 2.45) is 0 Å². The van der Waals surface area contributed by atoms with Crippen molar-refractivity contribution >= 4 is 23.2 Å². The molecule has 2 aliphatic rings.